The number of thiophene rings is 1. The molecule has 126 valence electrons. The molecule has 3 N–H and O–H groups in total. The zero-order valence-corrected chi connectivity index (χ0v) is 15.1. The van der Waals surface area contributed by atoms with Gasteiger partial charge in [-0.2, -0.15) is 0 Å². The zero-order valence-electron chi connectivity index (χ0n) is 13.4. The molecule has 0 radical (unpaired) electrons. The number of ether oxygens (including phenoxy) is 1. The standard InChI is InChI=1S/C17H18N2O3S2/c1-9-8-10(20)6-7-12(9)18-17(23)19-15-14(16(21)22-2)11-4-3-5-13(11)24-15/h6-8,20H,3-5H2,1-2H3,(H2,18,19,23). The van der Waals surface area contributed by atoms with E-state index in [0.29, 0.717) is 10.7 Å². The number of rotatable bonds is 3. The van der Waals surface area contributed by atoms with E-state index >= 15 is 0 Å². The number of methoxy groups -OCH3 is 1. The first-order valence-corrected chi connectivity index (χ1v) is 8.82. The Bertz CT molecular complexity index is 814. The molecule has 7 heteroatoms. The van der Waals surface area contributed by atoms with Crippen LogP contribution in [0.2, 0.25) is 0 Å². The van der Waals surface area contributed by atoms with Crippen molar-refractivity contribution in [3.05, 3.63) is 39.8 Å². The molecule has 24 heavy (non-hydrogen) atoms. The Morgan fingerprint density at radius 2 is 2.12 bits per heavy atom. The highest BCUT2D eigenvalue weighted by atomic mass is 32.1. The molecular formula is C17H18N2O3S2. The molecule has 1 heterocycles. The summed E-state index contributed by atoms with van der Waals surface area (Å²) in [6.07, 6.45) is 2.96. The highest BCUT2D eigenvalue weighted by molar-refractivity contribution is 7.80. The number of esters is 1. The summed E-state index contributed by atoms with van der Waals surface area (Å²) < 4.78 is 4.93. The maximum atomic E-state index is 12.1. The maximum Gasteiger partial charge on any atom is 0.341 e. The summed E-state index contributed by atoms with van der Waals surface area (Å²) in [6.45, 7) is 1.88. The van der Waals surface area contributed by atoms with Gasteiger partial charge in [0.05, 0.1) is 12.7 Å². The number of aryl methyl sites for hydroxylation is 2. The van der Waals surface area contributed by atoms with E-state index in [2.05, 4.69) is 10.6 Å². The zero-order chi connectivity index (χ0) is 17.3. The number of thiocarbonyl (C=S) groups is 1. The Balaban J connectivity index is 1.81. The molecule has 0 amide bonds. The summed E-state index contributed by atoms with van der Waals surface area (Å²) in [5.74, 6) is -0.125. The molecule has 1 aliphatic rings. The van der Waals surface area contributed by atoms with Crippen LogP contribution in [0.25, 0.3) is 0 Å². The van der Waals surface area contributed by atoms with E-state index in [1.807, 2.05) is 6.92 Å². The number of phenolic OH excluding ortho intramolecular Hbond substituents is 1. The average Bonchev–Trinajstić information content (AvgIpc) is 3.10. The van der Waals surface area contributed by atoms with Gasteiger partial charge in [0.15, 0.2) is 5.11 Å². The first-order chi connectivity index (χ1) is 11.5. The molecule has 0 atom stereocenters. The fourth-order valence-electron chi connectivity index (χ4n) is 2.86. The van der Waals surface area contributed by atoms with E-state index in [9.17, 15) is 9.90 Å². The van der Waals surface area contributed by atoms with Crippen LogP contribution in [0, 0.1) is 6.92 Å². The lowest BCUT2D eigenvalue weighted by Gasteiger charge is -2.13. The molecule has 1 aliphatic carbocycles. The van der Waals surface area contributed by atoms with Gasteiger partial charge in [-0.3, -0.25) is 0 Å². The van der Waals surface area contributed by atoms with E-state index in [-0.39, 0.29) is 11.7 Å². The van der Waals surface area contributed by atoms with Crippen molar-refractivity contribution in [1.29, 1.82) is 0 Å². The van der Waals surface area contributed by atoms with Crippen molar-refractivity contribution in [2.24, 2.45) is 0 Å². The minimum Gasteiger partial charge on any atom is -0.508 e. The molecule has 0 fully saturated rings. The Morgan fingerprint density at radius 1 is 1.33 bits per heavy atom. The van der Waals surface area contributed by atoms with Crippen molar-refractivity contribution < 1.29 is 14.6 Å². The van der Waals surface area contributed by atoms with Crippen LogP contribution in [0.3, 0.4) is 0 Å². The number of fused-ring (bicyclic) bond motifs is 1. The Labute approximate surface area is 149 Å². The SMILES string of the molecule is COC(=O)c1c(NC(=S)Nc2ccc(O)cc2C)sc2c1CCC2. The second kappa shape index (κ2) is 6.78. The highest BCUT2D eigenvalue weighted by Gasteiger charge is 2.27. The molecule has 2 aromatic rings. The Kier molecular flexibility index (Phi) is 4.73. The van der Waals surface area contributed by atoms with Crippen LogP contribution in [0.1, 0.15) is 32.8 Å². The summed E-state index contributed by atoms with van der Waals surface area (Å²) in [7, 11) is 1.39. The van der Waals surface area contributed by atoms with Crippen LogP contribution in [-0.4, -0.2) is 23.3 Å². The van der Waals surface area contributed by atoms with Gasteiger partial charge in [0.2, 0.25) is 0 Å². The smallest absolute Gasteiger partial charge is 0.341 e. The molecule has 0 saturated carbocycles. The van der Waals surface area contributed by atoms with Gasteiger partial charge in [-0.05, 0) is 67.7 Å². The van der Waals surface area contributed by atoms with Crippen LogP contribution in [0.5, 0.6) is 5.75 Å². The van der Waals surface area contributed by atoms with Gasteiger partial charge in [-0.25, -0.2) is 4.79 Å². The molecular weight excluding hydrogens is 344 g/mol. The summed E-state index contributed by atoms with van der Waals surface area (Å²) in [5.41, 5.74) is 3.36. The predicted molar refractivity (Wildman–Crippen MR) is 100 cm³/mol. The summed E-state index contributed by atoms with van der Waals surface area (Å²) >= 11 is 6.93. The number of benzene rings is 1. The number of hydrogen-bond donors (Lipinski definition) is 3. The van der Waals surface area contributed by atoms with Crippen molar-refractivity contribution in [2.45, 2.75) is 26.2 Å². The number of anilines is 2. The summed E-state index contributed by atoms with van der Waals surface area (Å²) in [6, 6.07) is 5.01. The van der Waals surface area contributed by atoms with Crippen molar-refractivity contribution in [2.75, 3.05) is 17.7 Å². The molecule has 0 bridgehead atoms. The fraction of sp³-hybridized carbons (Fsp3) is 0.294. The van der Waals surface area contributed by atoms with Crippen LogP contribution >= 0.6 is 23.6 Å². The lowest BCUT2D eigenvalue weighted by Crippen LogP contribution is -2.20. The topological polar surface area (TPSA) is 70.6 Å². The van der Waals surface area contributed by atoms with Crippen LogP contribution < -0.4 is 10.6 Å². The second-order valence-corrected chi connectivity index (χ2v) is 7.14. The number of carbonyl (C=O) groups excluding carboxylic acids is 1. The molecule has 0 unspecified atom stereocenters. The third-order valence-electron chi connectivity index (χ3n) is 4.00. The average molecular weight is 362 g/mol. The van der Waals surface area contributed by atoms with Gasteiger partial charge in [-0.15, -0.1) is 11.3 Å². The quantitative estimate of drug-likeness (QED) is 0.438. The van der Waals surface area contributed by atoms with Crippen molar-refractivity contribution in [1.82, 2.24) is 0 Å². The predicted octanol–water partition coefficient (Wildman–Crippen LogP) is 3.85. The van der Waals surface area contributed by atoms with E-state index in [1.54, 1.807) is 29.5 Å². The monoisotopic (exact) mass is 362 g/mol. The van der Waals surface area contributed by atoms with Gasteiger partial charge in [0.1, 0.15) is 10.8 Å². The molecule has 0 aliphatic heterocycles. The number of carbonyl (C=O) groups is 1. The van der Waals surface area contributed by atoms with Crippen LogP contribution in [0.4, 0.5) is 10.7 Å². The van der Waals surface area contributed by atoms with Gasteiger partial charge in [0.25, 0.3) is 0 Å². The van der Waals surface area contributed by atoms with E-state index in [0.717, 1.165) is 41.1 Å². The van der Waals surface area contributed by atoms with Gasteiger partial charge in [0, 0.05) is 10.6 Å². The third kappa shape index (κ3) is 3.22. The largest absolute Gasteiger partial charge is 0.508 e. The first kappa shape index (κ1) is 16.7. The minimum absolute atomic E-state index is 0.208. The van der Waals surface area contributed by atoms with Crippen molar-refractivity contribution in [3.63, 3.8) is 0 Å². The lowest BCUT2D eigenvalue weighted by molar-refractivity contribution is 0.0601. The maximum absolute atomic E-state index is 12.1. The number of nitrogens with one attached hydrogen (secondary N) is 2. The van der Waals surface area contributed by atoms with Gasteiger partial charge >= 0.3 is 5.97 Å². The van der Waals surface area contributed by atoms with Crippen molar-refractivity contribution in [3.8, 4) is 5.75 Å². The Morgan fingerprint density at radius 3 is 2.83 bits per heavy atom. The second-order valence-electron chi connectivity index (χ2n) is 5.63. The number of phenols is 1. The van der Waals surface area contributed by atoms with Crippen LogP contribution in [0.15, 0.2) is 18.2 Å². The number of hydrogen-bond acceptors (Lipinski definition) is 5. The molecule has 5 nitrogen and oxygen atoms in total. The normalized spacial score (nSPS) is 12.6. The summed E-state index contributed by atoms with van der Waals surface area (Å²) in [4.78, 5) is 13.4. The molecule has 0 saturated heterocycles. The minimum atomic E-state index is -0.333. The number of aromatic hydroxyl groups is 1. The lowest BCUT2D eigenvalue weighted by atomic mass is 10.1. The highest BCUT2D eigenvalue weighted by Crippen LogP contribution is 2.39. The summed E-state index contributed by atoms with van der Waals surface area (Å²) in [5, 5.41) is 16.8. The van der Waals surface area contributed by atoms with Gasteiger partial charge < -0.3 is 20.5 Å². The fourth-order valence-corrected chi connectivity index (χ4v) is 4.41. The van der Waals surface area contributed by atoms with Gasteiger partial charge in [-0.1, -0.05) is 0 Å². The molecule has 1 aromatic heterocycles. The van der Waals surface area contributed by atoms with E-state index < -0.39 is 0 Å². The van der Waals surface area contributed by atoms with E-state index in [4.69, 9.17) is 17.0 Å². The Hall–Kier alpha value is -2.12. The third-order valence-corrected chi connectivity index (χ3v) is 5.41. The molecule has 0 spiro atoms. The van der Waals surface area contributed by atoms with Crippen LogP contribution in [-0.2, 0) is 17.6 Å². The molecule has 3 rings (SSSR count). The van der Waals surface area contributed by atoms with E-state index in [1.165, 1.54) is 12.0 Å². The van der Waals surface area contributed by atoms with Crippen molar-refractivity contribution >= 4 is 45.3 Å². The molecule has 1 aromatic carbocycles. The first-order valence-electron chi connectivity index (χ1n) is 7.60.